The number of rotatable bonds is 14. The van der Waals surface area contributed by atoms with E-state index in [0.717, 1.165) is 58.1 Å². The largest absolute Gasteiger partial charge is 0.356 e. The Kier molecular flexibility index (Phi) is 12.3. The zero-order valence-corrected chi connectivity index (χ0v) is 32.0. The van der Waals surface area contributed by atoms with Crippen molar-refractivity contribution in [1.82, 2.24) is 30.7 Å². The monoisotopic (exact) mass is 770 g/mol. The van der Waals surface area contributed by atoms with Gasteiger partial charge in [-0.05, 0) is 75.4 Å². The number of hydrogen-bond donors (Lipinski definition) is 4. The predicted molar refractivity (Wildman–Crippen MR) is 207 cm³/mol. The van der Waals surface area contributed by atoms with Gasteiger partial charge in [-0.3, -0.25) is 38.8 Å². The first-order valence-electron chi connectivity index (χ1n) is 18.1. The van der Waals surface area contributed by atoms with Gasteiger partial charge >= 0.3 is 0 Å². The summed E-state index contributed by atoms with van der Waals surface area (Å²) in [6.07, 6.45) is 4.22. The number of carbonyl (C=O) groups excluding carboxylic acids is 5. The number of nitrogens with zero attached hydrogens (tertiary/aromatic N) is 4. The highest BCUT2D eigenvalue weighted by molar-refractivity contribution is 7.15. The van der Waals surface area contributed by atoms with Gasteiger partial charge in [-0.2, -0.15) is 0 Å². The van der Waals surface area contributed by atoms with E-state index in [9.17, 15) is 24.0 Å². The van der Waals surface area contributed by atoms with Crippen LogP contribution in [0, 0.1) is 20.8 Å². The van der Waals surface area contributed by atoms with Gasteiger partial charge in [-0.15, -0.1) is 21.5 Å². The van der Waals surface area contributed by atoms with Gasteiger partial charge in [-0.1, -0.05) is 48.7 Å². The second-order valence-electron chi connectivity index (χ2n) is 13.6. The van der Waals surface area contributed by atoms with Crippen LogP contribution in [-0.4, -0.2) is 62.6 Å². The number of halogens is 1. The van der Waals surface area contributed by atoms with Crippen LogP contribution in [0.15, 0.2) is 53.5 Å². The summed E-state index contributed by atoms with van der Waals surface area (Å²) < 4.78 is 2.03. The maximum Gasteiger partial charge on any atom is 0.249 e. The van der Waals surface area contributed by atoms with Crippen LogP contribution in [0.1, 0.15) is 96.2 Å². The van der Waals surface area contributed by atoms with E-state index in [0.29, 0.717) is 35.9 Å². The van der Waals surface area contributed by atoms with Gasteiger partial charge in [-0.25, -0.2) is 0 Å². The van der Waals surface area contributed by atoms with Gasteiger partial charge in [0.15, 0.2) is 5.82 Å². The van der Waals surface area contributed by atoms with E-state index >= 15 is 0 Å². The summed E-state index contributed by atoms with van der Waals surface area (Å²) in [5.74, 6) is 0.0120. The van der Waals surface area contributed by atoms with Crippen molar-refractivity contribution in [3.63, 3.8) is 0 Å². The Bertz CT molecular complexity index is 2090. The third-order valence-corrected chi connectivity index (χ3v) is 11.0. The molecule has 5 amide bonds. The average Bonchev–Trinajstić information content (AvgIpc) is 3.61. The molecule has 0 saturated carbocycles. The highest BCUT2D eigenvalue weighted by Crippen LogP contribution is 2.39. The summed E-state index contributed by atoms with van der Waals surface area (Å²) in [6.45, 7) is 6.61. The van der Waals surface area contributed by atoms with Crippen molar-refractivity contribution in [2.24, 2.45) is 4.99 Å². The minimum absolute atomic E-state index is 0.0738. The molecular formula is C39H43ClN8O5S. The minimum Gasteiger partial charge on any atom is -0.356 e. The third kappa shape index (κ3) is 9.29. The lowest BCUT2D eigenvalue weighted by Crippen LogP contribution is -2.52. The van der Waals surface area contributed by atoms with Gasteiger partial charge in [0.25, 0.3) is 0 Å². The highest BCUT2D eigenvalue weighted by Gasteiger charge is 2.32. The number of carbonyl (C=O) groups is 5. The molecule has 2 aromatic heterocycles. The molecule has 282 valence electrons. The quantitative estimate of drug-likeness (QED) is 0.0986. The molecule has 6 rings (SSSR count). The van der Waals surface area contributed by atoms with Gasteiger partial charge in [0.1, 0.15) is 22.9 Å². The molecule has 13 nitrogen and oxygen atoms in total. The van der Waals surface area contributed by atoms with Crippen LogP contribution in [0.3, 0.4) is 0 Å². The minimum atomic E-state index is -0.714. The summed E-state index contributed by atoms with van der Waals surface area (Å²) in [4.78, 5) is 67.7. The van der Waals surface area contributed by atoms with Crippen molar-refractivity contribution >= 4 is 63.9 Å². The van der Waals surface area contributed by atoms with Gasteiger partial charge in [0.2, 0.25) is 29.5 Å². The number of nitrogens with one attached hydrogen (secondary N) is 4. The molecule has 1 saturated heterocycles. The number of aliphatic imine (C=N–C) groups is 1. The van der Waals surface area contributed by atoms with E-state index in [1.54, 1.807) is 35.6 Å². The van der Waals surface area contributed by atoms with E-state index in [1.165, 1.54) is 4.88 Å². The summed E-state index contributed by atoms with van der Waals surface area (Å²) in [6, 6.07) is 13.3. The fourth-order valence-electron chi connectivity index (χ4n) is 6.56. The topological polar surface area (TPSA) is 177 Å². The van der Waals surface area contributed by atoms with Crippen LogP contribution < -0.4 is 21.3 Å². The smallest absolute Gasteiger partial charge is 0.249 e. The third-order valence-electron chi connectivity index (χ3n) is 9.57. The number of hydrogen-bond acceptors (Lipinski definition) is 9. The Labute approximate surface area is 322 Å². The number of imide groups is 1. The molecule has 2 aromatic carbocycles. The zero-order chi connectivity index (χ0) is 38.4. The summed E-state index contributed by atoms with van der Waals surface area (Å²) >= 11 is 7.88. The number of unbranched alkanes of at least 4 members (excludes halogenated alkanes) is 3. The van der Waals surface area contributed by atoms with Gasteiger partial charge in [0, 0.05) is 46.1 Å². The second kappa shape index (κ2) is 17.3. The number of aryl methyl sites for hydroxylation is 2. The molecule has 2 aliphatic heterocycles. The van der Waals surface area contributed by atoms with E-state index in [2.05, 4.69) is 45.3 Å². The lowest BCUT2D eigenvalue weighted by molar-refractivity contribution is -0.137. The predicted octanol–water partition coefficient (Wildman–Crippen LogP) is 5.36. The number of thiophene rings is 1. The molecule has 4 N–H and O–H groups in total. The number of benzene rings is 2. The van der Waals surface area contributed by atoms with Crippen molar-refractivity contribution in [3.8, 4) is 5.00 Å². The molecule has 0 radical (unpaired) electrons. The number of fused-ring (bicyclic) bond motifs is 3. The summed E-state index contributed by atoms with van der Waals surface area (Å²) in [7, 11) is 0. The number of piperidine rings is 1. The molecule has 2 atom stereocenters. The molecule has 1 fully saturated rings. The van der Waals surface area contributed by atoms with Crippen LogP contribution in [0.5, 0.6) is 0 Å². The van der Waals surface area contributed by atoms with E-state index in [4.69, 9.17) is 16.6 Å². The van der Waals surface area contributed by atoms with Gasteiger partial charge < -0.3 is 16.0 Å². The Morgan fingerprint density at radius 2 is 1.67 bits per heavy atom. The standard InChI is InChI=1S/C39H43ClN8O5S/c1-22-23(2)54-39-35(22)36(26-11-13-27(40)14-12-26)44-30(37-47-46-24(3)48(37)39)21-33(51)41-19-7-5-4-6-8-31(49)42-28-15-9-25(10-16-28)20-34(52)43-29-17-18-32(50)45-38(29)53/h9-16,29-30H,4-8,17-21H2,1-3H3,(H,41,51)(H,42,49)(H,43,52)(H,45,50,53)/t29?,30-/m0/s1. The first-order valence-corrected chi connectivity index (χ1v) is 19.3. The van der Waals surface area contributed by atoms with E-state index in [1.807, 2.05) is 35.8 Å². The molecule has 0 bridgehead atoms. The van der Waals surface area contributed by atoms with Crippen molar-refractivity contribution < 1.29 is 24.0 Å². The molecular weight excluding hydrogens is 728 g/mol. The fourth-order valence-corrected chi connectivity index (χ4v) is 7.90. The molecule has 1 unspecified atom stereocenters. The second-order valence-corrected chi connectivity index (χ2v) is 15.3. The molecule has 15 heteroatoms. The van der Waals surface area contributed by atoms with Crippen molar-refractivity contribution in [2.45, 2.75) is 90.6 Å². The van der Waals surface area contributed by atoms with Crippen molar-refractivity contribution in [3.05, 3.63) is 92.3 Å². The lowest BCUT2D eigenvalue weighted by atomic mass is 9.99. The summed E-state index contributed by atoms with van der Waals surface area (Å²) in [5, 5.41) is 21.3. The molecule has 54 heavy (non-hydrogen) atoms. The molecule has 0 spiro atoms. The highest BCUT2D eigenvalue weighted by atomic mass is 35.5. The number of aromatic nitrogens is 3. The summed E-state index contributed by atoms with van der Waals surface area (Å²) in [5.41, 5.74) is 5.24. The fraction of sp³-hybridized carbons (Fsp3) is 0.385. The van der Waals surface area contributed by atoms with Crippen LogP contribution in [-0.2, 0) is 30.4 Å². The first-order chi connectivity index (χ1) is 26.0. The lowest BCUT2D eigenvalue weighted by Gasteiger charge is -2.21. The van der Waals surface area contributed by atoms with Crippen LogP contribution in [0.4, 0.5) is 5.69 Å². The van der Waals surface area contributed by atoms with E-state index < -0.39 is 18.0 Å². The maximum absolute atomic E-state index is 13.2. The van der Waals surface area contributed by atoms with Gasteiger partial charge in [0.05, 0.1) is 18.6 Å². The van der Waals surface area contributed by atoms with Crippen LogP contribution >= 0.6 is 22.9 Å². The van der Waals surface area contributed by atoms with Crippen LogP contribution in [0.25, 0.3) is 5.00 Å². The molecule has 2 aliphatic rings. The molecule has 4 aromatic rings. The van der Waals surface area contributed by atoms with E-state index in [-0.39, 0.29) is 49.3 Å². The Balaban J connectivity index is 0.929. The normalized spacial score (nSPS) is 16.4. The Morgan fingerprint density at radius 1 is 0.926 bits per heavy atom. The number of amides is 5. The van der Waals surface area contributed by atoms with Crippen LogP contribution in [0.2, 0.25) is 5.02 Å². The molecule has 4 heterocycles. The first kappa shape index (κ1) is 38.5. The molecule has 0 aliphatic carbocycles. The van der Waals surface area contributed by atoms with Crippen molar-refractivity contribution in [2.75, 3.05) is 11.9 Å². The average molecular weight is 771 g/mol. The van der Waals surface area contributed by atoms with Crippen molar-refractivity contribution in [1.29, 1.82) is 0 Å². The number of anilines is 1. The maximum atomic E-state index is 13.2. The zero-order valence-electron chi connectivity index (χ0n) is 30.5. The Morgan fingerprint density at radius 3 is 2.41 bits per heavy atom. The SMILES string of the molecule is Cc1sc2c(c1C)C(c1ccc(Cl)cc1)=N[C@@H](CC(=O)NCCCCCCC(=O)Nc1ccc(CC(=O)NC3CCC(=O)NC3=O)cc1)c1nnc(C)n1-2. The Hall–Kier alpha value is -5.21.